The Hall–Kier alpha value is -0.870. The molecule has 104 valence electrons. The first-order valence-electron chi connectivity index (χ1n) is 7.11. The van der Waals surface area contributed by atoms with Crippen LogP contribution in [0.1, 0.15) is 30.7 Å². The van der Waals surface area contributed by atoms with Gasteiger partial charge in [0.25, 0.3) is 0 Å². The Morgan fingerprint density at radius 2 is 1.89 bits per heavy atom. The van der Waals surface area contributed by atoms with Gasteiger partial charge in [0.05, 0.1) is 11.5 Å². The Labute approximate surface area is 115 Å². The molecule has 0 amide bonds. The van der Waals surface area contributed by atoms with E-state index in [1.807, 2.05) is 0 Å². The molecular weight excluding hydrogens is 258 g/mol. The van der Waals surface area contributed by atoms with Crippen LogP contribution in [0.15, 0.2) is 30.3 Å². The highest BCUT2D eigenvalue weighted by molar-refractivity contribution is 7.91. The van der Waals surface area contributed by atoms with Gasteiger partial charge in [-0.25, -0.2) is 8.42 Å². The highest BCUT2D eigenvalue weighted by atomic mass is 32.2. The van der Waals surface area contributed by atoms with Crippen molar-refractivity contribution in [3.05, 3.63) is 35.9 Å². The van der Waals surface area contributed by atoms with Crippen molar-refractivity contribution in [2.24, 2.45) is 5.92 Å². The molecule has 0 unspecified atom stereocenters. The molecule has 19 heavy (non-hydrogen) atoms. The van der Waals surface area contributed by atoms with Gasteiger partial charge in [0.2, 0.25) is 0 Å². The molecule has 1 saturated carbocycles. The van der Waals surface area contributed by atoms with Gasteiger partial charge in [0.15, 0.2) is 9.84 Å². The van der Waals surface area contributed by atoms with Crippen molar-refractivity contribution in [3.63, 3.8) is 0 Å². The average molecular weight is 279 g/mol. The zero-order valence-corrected chi connectivity index (χ0v) is 11.9. The number of nitrogens with one attached hydrogen (secondary N) is 1. The molecule has 2 fully saturated rings. The summed E-state index contributed by atoms with van der Waals surface area (Å²) in [5.41, 5.74) is 1.43. The molecule has 0 bridgehead atoms. The van der Waals surface area contributed by atoms with Crippen LogP contribution in [0.25, 0.3) is 0 Å². The Balaban J connectivity index is 1.41. The number of hydrogen-bond acceptors (Lipinski definition) is 3. The summed E-state index contributed by atoms with van der Waals surface area (Å²) in [6.07, 6.45) is 3.21. The van der Waals surface area contributed by atoms with E-state index in [2.05, 4.69) is 35.6 Å². The molecule has 1 aromatic carbocycles. The van der Waals surface area contributed by atoms with E-state index in [0.717, 1.165) is 13.0 Å². The summed E-state index contributed by atoms with van der Waals surface area (Å²) in [6, 6.07) is 11.2. The van der Waals surface area contributed by atoms with E-state index >= 15 is 0 Å². The topological polar surface area (TPSA) is 46.2 Å². The first kappa shape index (κ1) is 13.1. The molecule has 1 atom stereocenters. The third kappa shape index (κ3) is 3.18. The van der Waals surface area contributed by atoms with E-state index in [9.17, 15) is 8.42 Å². The van der Waals surface area contributed by atoms with Crippen molar-refractivity contribution in [1.82, 2.24) is 5.32 Å². The molecule has 1 aliphatic heterocycles. The second kappa shape index (κ2) is 5.25. The van der Waals surface area contributed by atoms with Gasteiger partial charge in [0, 0.05) is 6.04 Å². The predicted molar refractivity (Wildman–Crippen MR) is 77.0 cm³/mol. The maximum Gasteiger partial charge on any atom is 0.150 e. The fraction of sp³-hybridized carbons (Fsp3) is 0.600. The Morgan fingerprint density at radius 1 is 1.16 bits per heavy atom. The van der Waals surface area contributed by atoms with Crippen LogP contribution in [0.2, 0.25) is 0 Å². The molecular formula is C15H21NO2S. The first-order valence-corrected chi connectivity index (χ1v) is 8.93. The summed E-state index contributed by atoms with van der Waals surface area (Å²) in [5, 5.41) is 3.53. The molecule has 2 aliphatic rings. The van der Waals surface area contributed by atoms with Gasteiger partial charge in [0.1, 0.15) is 0 Å². The number of hydrogen-bond donors (Lipinski definition) is 1. The third-order valence-electron chi connectivity index (χ3n) is 4.43. The Bertz CT molecular complexity index is 520. The van der Waals surface area contributed by atoms with E-state index < -0.39 is 9.84 Å². The van der Waals surface area contributed by atoms with E-state index in [1.54, 1.807) is 0 Å². The molecule has 3 rings (SSSR count). The molecule has 1 aliphatic carbocycles. The number of benzene rings is 1. The van der Waals surface area contributed by atoms with Crippen LogP contribution in [0.5, 0.6) is 0 Å². The summed E-state index contributed by atoms with van der Waals surface area (Å²) < 4.78 is 22.8. The van der Waals surface area contributed by atoms with Crippen molar-refractivity contribution in [2.45, 2.75) is 31.2 Å². The minimum atomic E-state index is -2.73. The maximum absolute atomic E-state index is 11.4. The molecule has 3 nitrogen and oxygen atoms in total. The van der Waals surface area contributed by atoms with Gasteiger partial charge in [-0.3, -0.25) is 0 Å². The van der Waals surface area contributed by atoms with Crippen LogP contribution in [0.4, 0.5) is 0 Å². The van der Waals surface area contributed by atoms with Gasteiger partial charge < -0.3 is 5.32 Å². The fourth-order valence-corrected chi connectivity index (χ4v) is 5.01. The molecule has 1 aromatic rings. The second-order valence-electron chi connectivity index (χ2n) is 5.95. The van der Waals surface area contributed by atoms with Crippen molar-refractivity contribution in [1.29, 1.82) is 0 Å². The predicted octanol–water partition coefficient (Wildman–Crippen LogP) is 1.96. The van der Waals surface area contributed by atoms with Crippen LogP contribution >= 0.6 is 0 Å². The zero-order valence-electron chi connectivity index (χ0n) is 11.1. The van der Waals surface area contributed by atoms with E-state index in [1.165, 1.54) is 18.4 Å². The second-order valence-corrected chi connectivity index (χ2v) is 8.18. The minimum absolute atomic E-state index is 0.334. The van der Waals surface area contributed by atoms with Crippen LogP contribution in [-0.2, 0) is 9.84 Å². The maximum atomic E-state index is 11.4. The summed E-state index contributed by atoms with van der Waals surface area (Å²) in [6.45, 7) is 0.866. The lowest BCUT2D eigenvalue weighted by atomic mass is 9.76. The molecule has 0 aromatic heterocycles. The van der Waals surface area contributed by atoms with Crippen molar-refractivity contribution in [3.8, 4) is 0 Å². The van der Waals surface area contributed by atoms with Crippen LogP contribution in [-0.4, -0.2) is 32.5 Å². The first-order chi connectivity index (χ1) is 9.12. The largest absolute Gasteiger partial charge is 0.314 e. The molecule has 1 N–H and O–H groups in total. The van der Waals surface area contributed by atoms with Crippen LogP contribution < -0.4 is 5.32 Å². The molecule has 4 heteroatoms. The average Bonchev–Trinajstić information content (AvgIpc) is 2.68. The van der Waals surface area contributed by atoms with Crippen molar-refractivity contribution >= 4 is 9.84 Å². The highest BCUT2D eigenvalue weighted by Crippen LogP contribution is 2.36. The highest BCUT2D eigenvalue weighted by Gasteiger charge is 2.32. The van der Waals surface area contributed by atoms with Gasteiger partial charge in [-0.2, -0.15) is 0 Å². The van der Waals surface area contributed by atoms with Crippen LogP contribution in [0.3, 0.4) is 0 Å². The van der Waals surface area contributed by atoms with E-state index in [0.29, 0.717) is 29.4 Å². The van der Waals surface area contributed by atoms with Gasteiger partial charge in [-0.05, 0) is 43.2 Å². The van der Waals surface area contributed by atoms with E-state index in [4.69, 9.17) is 0 Å². The minimum Gasteiger partial charge on any atom is -0.314 e. The van der Waals surface area contributed by atoms with E-state index in [-0.39, 0.29) is 0 Å². The lowest BCUT2D eigenvalue weighted by Crippen LogP contribution is -2.42. The quantitative estimate of drug-likeness (QED) is 0.916. The van der Waals surface area contributed by atoms with Crippen LogP contribution in [0, 0.1) is 5.92 Å². The third-order valence-corrected chi connectivity index (χ3v) is 6.27. The standard InChI is InChI=1S/C15H21NO2S/c17-19(18)7-6-12(11-19)10-16-15-8-14(9-15)13-4-2-1-3-5-13/h1-5,12,14-16H,6-11H2/t12-,14?,15?/m0/s1. The SMILES string of the molecule is O=S1(=O)CC[C@@H](CNC2CC(c3ccccc3)C2)C1. The number of sulfone groups is 1. The lowest BCUT2D eigenvalue weighted by molar-refractivity contribution is 0.279. The summed E-state index contributed by atoms with van der Waals surface area (Å²) in [5.74, 6) is 1.79. The summed E-state index contributed by atoms with van der Waals surface area (Å²) >= 11 is 0. The molecule has 1 saturated heterocycles. The Morgan fingerprint density at radius 3 is 2.53 bits per heavy atom. The summed E-state index contributed by atoms with van der Waals surface area (Å²) in [7, 11) is -2.73. The molecule has 0 spiro atoms. The Kier molecular flexibility index (Phi) is 3.63. The number of rotatable bonds is 4. The van der Waals surface area contributed by atoms with Gasteiger partial charge in [-0.15, -0.1) is 0 Å². The van der Waals surface area contributed by atoms with Gasteiger partial charge in [-0.1, -0.05) is 30.3 Å². The zero-order chi connectivity index (χ0) is 13.3. The molecule has 1 heterocycles. The lowest BCUT2D eigenvalue weighted by Gasteiger charge is -2.37. The van der Waals surface area contributed by atoms with Crippen molar-refractivity contribution < 1.29 is 8.42 Å². The monoisotopic (exact) mass is 279 g/mol. The smallest absolute Gasteiger partial charge is 0.150 e. The van der Waals surface area contributed by atoms with Crippen molar-refractivity contribution in [2.75, 3.05) is 18.1 Å². The van der Waals surface area contributed by atoms with Gasteiger partial charge >= 0.3 is 0 Å². The normalized spacial score (nSPS) is 32.9. The molecule has 0 radical (unpaired) electrons. The summed E-state index contributed by atoms with van der Waals surface area (Å²) in [4.78, 5) is 0. The fourth-order valence-electron chi connectivity index (χ4n) is 3.15.